The molecule has 2 aliphatic heterocycles. The second kappa shape index (κ2) is 4.33. The van der Waals surface area contributed by atoms with E-state index in [9.17, 15) is 9.59 Å². The Balaban J connectivity index is 1.91. The summed E-state index contributed by atoms with van der Waals surface area (Å²) in [6.07, 6.45) is 0.179. The van der Waals surface area contributed by atoms with Gasteiger partial charge in [0.2, 0.25) is 0 Å². The second-order valence-corrected chi connectivity index (χ2v) is 5.86. The van der Waals surface area contributed by atoms with Crippen LogP contribution in [0.2, 0.25) is 0 Å². The summed E-state index contributed by atoms with van der Waals surface area (Å²) in [5.74, 6) is 0.321. The quantitative estimate of drug-likeness (QED) is 0.769. The van der Waals surface area contributed by atoms with E-state index >= 15 is 0 Å². The van der Waals surface area contributed by atoms with E-state index in [-0.39, 0.29) is 18.2 Å². The summed E-state index contributed by atoms with van der Waals surface area (Å²) in [5, 5.41) is 2.77. The Morgan fingerprint density at radius 1 is 1.33 bits per heavy atom. The number of carbonyl (C=O) groups is 2. The van der Waals surface area contributed by atoms with Gasteiger partial charge in [0.1, 0.15) is 5.60 Å². The molecule has 1 aliphatic carbocycles. The van der Waals surface area contributed by atoms with Crippen LogP contribution in [0.1, 0.15) is 27.2 Å². The molecule has 2 heterocycles. The third-order valence-electron chi connectivity index (χ3n) is 3.40. The number of hydrogen-bond donors (Lipinski definition) is 1. The molecule has 0 aromatic rings. The minimum absolute atomic E-state index is 0.00460. The average Bonchev–Trinajstić information content (AvgIpc) is 2.80. The molecule has 0 aromatic heterocycles. The highest BCUT2D eigenvalue weighted by molar-refractivity contribution is 5.71. The minimum Gasteiger partial charge on any atom is -0.453 e. The lowest BCUT2D eigenvalue weighted by Gasteiger charge is -2.36. The number of amides is 2. The zero-order valence-corrected chi connectivity index (χ0v) is 11.2. The molecule has 0 radical (unpaired) electrons. The third kappa shape index (κ3) is 2.37. The highest BCUT2D eigenvalue weighted by Gasteiger charge is 2.55. The summed E-state index contributed by atoms with van der Waals surface area (Å²) in [5.41, 5.74) is -0.491. The molecule has 18 heavy (non-hydrogen) atoms. The van der Waals surface area contributed by atoms with E-state index in [2.05, 4.69) is 10.1 Å². The second-order valence-electron chi connectivity index (χ2n) is 5.86. The Hall–Kier alpha value is -1.46. The van der Waals surface area contributed by atoms with Crippen molar-refractivity contribution in [2.75, 3.05) is 13.7 Å². The van der Waals surface area contributed by atoms with Crippen molar-refractivity contribution in [1.29, 1.82) is 0 Å². The fraction of sp³-hybridized carbons (Fsp3) is 0.833. The molecule has 0 aromatic carbocycles. The van der Waals surface area contributed by atoms with Gasteiger partial charge in [-0.1, -0.05) is 0 Å². The molecule has 3 rings (SSSR count). The van der Waals surface area contributed by atoms with Gasteiger partial charge in [-0.15, -0.1) is 0 Å². The van der Waals surface area contributed by atoms with Crippen LogP contribution in [-0.2, 0) is 9.47 Å². The number of nitrogens with one attached hydrogen (secondary N) is 1. The van der Waals surface area contributed by atoms with Crippen LogP contribution < -0.4 is 5.32 Å². The number of rotatable bonds is 1. The molecule has 3 fully saturated rings. The Bertz CT molecular complexity index is 364. The maximum absolute atomic E-state index is 12.0. The largest absolute Gasteiger partial charge is 0.453 e. The fourth-order valence-electron chi connectivity index (χ4n) is 2.56. The number of hydrogen-bond acceptors (Lipinski definition) is 4. The zero-order valence-electron chi connectivity index (χ0n) is 11.2. The lowest BCUT2D eigenvalue weighted by Crippen LogP contribution is -2.55. The van der Waals surface area contributed by atoms with Crippen LogP contribution in [0.4, 0.5) is 9.59 Å². The predicted octanol–water partition coefficient (Wildman–Crippen LogP) is 1.35. The SMILES string of the molecule is COC(=O)N[C@@H]1[C@@H]2C[C@H]1N(C(=O)OC(C)(C)C)C2. The summed E-state index contributed by atoms with van der Waals surface area (Å²) in [7, 11) is 1.33. The Kier molecular flexibility index (Phi) is 3.12. The first-order valence-electron chi connectivity index (χ1n) is 6.16. The van der Waals surface area contributed by atoms with E-state index < -0.39 is 11.7 Å². The number of nitrogens with zero attached hydrogens (tertiary/aromatic N) is 1. The van der Waals surface area contributed by atoms with Crippen molar-refractivity contribution in [3.63, 3.8) is 0 Å². The van der Waals surface area contributed by atoms with Gasteiger partial charge in [0.25, 0.3) is 0 Å². The van der Waals surface area contributed by atoms with Gasteiger partial charge in [0.05, 0.1) is 19.2 Å². The van der Waals surface area contributed by atoms with Crippen LogP contribution in [0.5, 0.6) is 0 Å². The number of carbonyl (C=O) groups excluding carboxylic acids is 2. The number of ether oxygens (including phenoxy) is 2. The molecule has 2 bridgehead atoms. The Morgan fingerprint density at radius 2 is 2.00 bits per heavy atom. The topological polar surface area (TPSA) is 67.9 Å². The first kappa shape index (κ1) is 13.0. The molecular formula is C12H20N2O4. The molecule has 102 valence electrons. The Morgan fingerprint density at radius 3 is 2.56 bits per heavy atom. The normalized spacial score (nSPS) is 29.6. The van der Waals surface area contributed by atoms with E-state index in [4.69, 9.17) is 4.74 Å². The van der Waals surface area contributed by atoms with E-state index in [1.165, 1.54) is 7.11 Å². The molecule has 2 amide bonds. The fourth-order valence-corrected chi connectivity index (χ4v) is 2.56. The van der Waals surface area contributed by atoms with Crippen LogP contribution >= 0.6 is 0 Å². The van der Waals surface area contributed by atoms with Crippen LogP contribution in [-0.4, -0.2) is 48.4 Å². The standard InChI is InChI=1S/C12H20N2O4/c1-12(2,3)18-11(16)14-6-7-5-8(14)9(7)13-10(15)17-4/h7-9H,5-6H2,1-4H3,(H,13,15)/t7-,8-,9-/m1/s1. The molecule has 1 N–H and O–H groups in total. The lowest BCUT2D eigenvalue weighted by atomic mass is 9.80. The first-order valence-corrected chi connectivity index (χ1v) is 6.16. The van der Waals surface area contributed by atoms with Gasteiger partial charge in [-0.25, -0.2) is 9.59 Å². The smallest absolute Gasteiger partial charge is 0.410 e. The maximum atomic E-state index is 12.0. The molecule has 1 saturated carbocycles. The van der Waals surface area contributed by atoms with Gasteiger partial charge < -0.3 is 19.7 Å². The van der Waals surface area contributed by atoms with E-state index in [0.29, 0.717) is 12.5 Å². The van der Waals surface area contributed by atoms with Crippen molar-refractivity contribution in [3.8, 4) is 0 Å². The van der Waals surface area contributed by atoms with Crippen molar-refractivity contribution in [3.05, 3.63) is 0 Å². The number of alkyl carbamates (subject to hydrolysis) is 1. The number of methoxy groups -OCH3 is 1. The van der Waals surface area contributed by atoms with E-state index in [0.717, 1.165) is 6.42 Å². The van der Waals surface area contributed by atoms with Crippen molar-refractivity contribution in [2.24, 2.45) is 5.92 Å². The summed E-state index contributed by atoms with van der Waals surface area (Å²) >= 11 is 0. The van der Waals surface area contributed by atoms with Gasteiger partial charge in [-0.2, -0.15) is 0 Å². The summed E-state index contributed by atoms with van der Waals surface area (Å²) < 4.78 is 9.91. The molecule has 3 atom stereocenters. The molecule has 3 aliphatic rings. The maximum Gasteiger partial charge on any atom is 0.410 e. The van der Waals surface area contributed by atoms with E-state index in [1.54, 1.807) is 4.90 Å². The monoisotopic (exact) mass is 256 g/mol. The highest BCUT2D eigenvalue weighted by Crippen LogP contribution is 2.41. The minimum atomic E-state index is -0.491. The molecule has 0 unspecified atom stereocenters. The van der Waals surface area contributed by atoms with Gasteiger partial charge in [-0.05, 0) is 27.2 Å². The van der Waals surface area contributed by atoms with E-state index in [1.807, 2.05) is 20.8 Å². The van der Waals surface area contributed by atoms with Crippen LogP contribution in [0, 0.1) is 5.92 Å². The highest BCUT2D eigenvalue weighted by atomic mass is 16.6. The molecule has 6 nitrogen and oxygen atoms in total. The van der Waals surface area contributed by atoms with Gasteiger partial charge in [0, 0.05) is 12.5 Å². The summed E-state index contributed by atoms with van der Waals surface area (Å²) in [4.78, 5) is 24.8. The molecule has 2 saturated heterocycles. The molecule has 0 spiro atoms. The van der Waals surface area contributed by atoms with Crippen molar-refractivity contribution in [1.82, 2.24) is 10.2 Å². The van der Waals surface area contributed by atoms with Crippen molar-refractivity contribution in [2.45, 2.75) is 44.9 Å². The van der Waals surface area contributed by atoms with Crippen LogP contribution in [0.25, 0.3) is 0 Å². The average molecular weight is 256 g/mol. The first-order chi connectivity index (χ1) is 8.31. The predicted molar refractivity (Wildman–Crippen MR) is 64.2 cm³/mol. The third-order valence-corrected chi connectivity index (χ3v) is 3.40. The summed E-state index contributed by atoms with van der Waals surface area (Å²) in [6.45, 7) is 6.18. The van der Waals surface area contributed by atoms with Gasteiger partial charge in [0.15, 0.2) is 0 Å². The van der Waals surface area contributed by atoms with Gasteiger partial charge >= 0.3 is 12.2 Å². The molecule has 6 heteroatoms. The van der Waals surface area contributed by atoms with Crippen molar-refractivity contribution < 1.29 is 19.1 Å². The van der Waals surface area contributed by atoms with Crippen molar-refractivity contribution >= 4 is 12.2 Å². The zero-order chi connectivity index (χ0) is 13.5. The summed E-state index contributed by atoms with van der Waals surface area (Å²) in [6, 6.07) is 0.0499. The van der Waals surface area contributed by atoms with Gasteiger partial charge in [-0.3, -0.25) is 0 Å². The van der Waals surface area contributed by atoms with Crippen LogP contribution in [0.3, 0.4) is 0 Å². The van der Waals surface area contributed by atoms with Crippen LogP contribution in [0.15, 0.2) is 0 Å². The Labute approximate surface area is 107 Å². The number of fused-ring (bicyclic) bond motifs is 1. The lowest BCUT2D eigenvalue weighted by molar-refractivity contribution is 0.0222. The molecular weight excluding hydrogens is 236 g/mol.